The molecule has 0 aliphatic rings. The van der Waals surface area contributed by atoms with E-state index in [1.165, 1.54) is 11.1 Å². The number of rotatable bonds is 5. The fourth-order valence-electron chi connectivity index (χ4n) is 2.10. The fourth-order valence-corrected chi connectivity index (χ4v) is 2.47. The minimum Gasteiger partial charge on any atom is -0.348 e. The van der Waals surface area contributed by atoms with Crippen molar-refractivity contribution in [1.82, 2.24) is 5.32 Å². The van der Waals surface area contributed by atoms with E-state index in [-0.39, 0.29) is 5.91 Å². The quantitative estimate of drug-likeness (QED) is 0.822. The molecule has 2 aromatic carbocycles. The highest BCUT2D eigenvalue weighted by Gasteiger charge is 2.06. The molecule has 104 valence electrons. The molecule has 0 atom stereocenters. The Kier molecular flexibility index (Phi) is 5.36. The summed E-state index contributed by atoms with van der Waals surface area (Å²) in [6, 6.07) is 15.8. The first kappa shape index (κ1) is 14.8. The minimum atomic E-state index is -0.0305. The molecule has 0 aromatic heterocycles. The van der Waals surface area contributed by atoms with Gasteiger partial charge in [-0.25, -0.2) is 0 Å². The van der Waals surface area contributed by atoms with Gasteiger partial charge in [0.1, 0.15) is 0 Å². The van der Waals surface area contributed by atoms with Gasteiger partial charge in [0.05, 0.1) is 0 Å². The van der Waals surface area contributed by atoms with Crippen molar-refractivity contribution in [2.24, 2.45) is 0 Å². The largest absolute Gasteiger partial charge is 0.348 e. The van der Waals surface area contributed by atoms with Gasteiger partial charge in [-0.15, -0.1) is 0 Å². The van der Waals surface area contributed by atoms with Crippen LogP contribution >= 0.6 is 15.9 Å². The SMILES string of the molecule is CCc1ccccc1CNC(=O)c1ccc(CBr)cc1. The number of aryl methyl sites for hydroxylation is 1. The fraction of sp³-hybridized carbons (Fsp3) is 0.235. The molecule has 3 heteroatoms. The van der Waals surface area contributed by atoms with Crippen LogP contribution in [0.1, 0.15) is 34.0 Å². The van der Waals surface area contributed by atoms with Crippen LogP contribution in [-0.4, -0.2) is 5.91 Å². The Balaban J connectivity index is 2.01. The van der Waals surface area contributed by atoms with Crippen molar-refractivity contribution in [2.75, 3.05) is 0 Å². The Bertz CT molecular complexity index is 578. The first-order valence-corrected chi connectivity index (χ1v) is 7.86. The van der Waals surface area contributed by atoms with Crippen LogP contribution in [0.5, 0.6) is 0 Å². The molecule has 0 aliphatic carbocycles. The molecular weight excluding hydrogens is 314 g/mol. The predicted molar refractivity (Wildman–Crippen MR) is 86.1 cm³/mol. The molecule has 0 heterocycles. The molecule has 1 amide bonds. The molecule has 0 saturated heterocycles. The third kappa shape index (κ3) is 3.70. The van der Waals surface area contributed by atoms with E-state index >= 15 is 0 Å². The van der Waals surface area contributed by atoms with Crippen molar-refractivity contribution < 1.29 is 4.79 Å². The maximum absolute atomic E-state index is 12.1. The van der Waals surface area contributed by atoms with E-state index in [1.807, 2.05) is 36.4 Å². The monoisotopic (exact) mass is 331 g/mol. The lowest BCUT2D eigenvalue weighted by molar-refractivity contribution is 0.0951. The van der Waals surface area contributed by atoms with Gasteiger partial charge < -0.3 is 5.32 Å². The molecule has 0 fully saturated rings. The lowest BCUT2D eigenvalue weighted by atomic mass is 10.1. The average molecular weight is 332 g/mol. The molecule has 2 nitrogen and oxygen atoms in total. The van der Waals surface area contributed by atoms with Crippen LogP contribution in [0.2, 0.25) is 0 Å². The summed E-state index contributed by atoms with van der Waals surface area (Å²) in [7, 11) is 0. The number of alkyl halides is 1. The van der Waals surface area contributed by atoms with Gasteiger partial charge in [0, 0.05) is 17.4 Å². The molecule has 1 N–H and O–H groups in total. The van der Waals surface area contributed by atoms with Crippen molar-refractivity contribution in [3.8, 4) is 0 Å². The summed E-state index contributed by atoms with van der Waals surface area (Å²) in [6.45, 7) is 2.70. The van der Waals surface area contributed by atoms with E-state index in [2.05, 4.69) is 40.3 Å². The van der Waals surface area contributed by atoms with E-state index in [0.29, 0.717) is 12.1 Å². The molecule has 0 saturated carbocycles. The van der Waals surface area contributed by atoms with Crippen LogP contribution in [-0.2, 0) is 18.3 Å². The number of halogens is 1. The third-order valence-electron chi connectivity index (χ3n) is 3.31. The zero-order valence-corrected chi connectivity index (χ0v) is 13.1. The second kappa shape index (κ2) is 7.25. The number of benzene rings is 2. The maximum atomic E-state index is 12.1. The summed E-state index contributed by atoms with van der Waals surface area (Å²) in [5.41, 5.74) is 4.32. The molecule has 0 spiro atoms. The molecule has 2 aromatic rings. The van der Waals surface area contributed by atoms with Crippen molar-refractivity contribution >= 4 is 21.8 Å². The van der Waals surface area contributed by atoms with E-state index in [4.69, 9.17) is 0 Å². The summed E-state index contributed by atoms with van der Waals surface area (Å²) in [5, 5.41) is 3.78. The summed E-state index contributed by atoms with van der Waals surface area (Å²) in [4.78, 5) is 12.1. The van der Waals surface area contributed by atoms with Crippen LogP contribution in [0.15, 0.2) is 48.5 Å². The standard InChI is InChI=1S/C17H18BrNO/c1-2-14-5-3-4-6-16(14)12-19-17(20)15-9-7-13(11-18)8-10-15/h3-10H,2,11-12H2,1H3,(H,19,20). The van der Waals surface area contributed by atoms with Gasteiger partial charge in [0.2, 0.25) is 0 Å². The number of hydrogen-bond donors (Lipinski definition) is 1. The molecule has 2 rings (SSSR count). The first-order valence-electron chi connectivity index (χ1n) is 6.74. The van der Waals surface area contributed by atoms with Crippen molar-refractivity contribution in [2.45, 2.75) is 25.2 Å². The van der Waals surface area contributed by atoms with Crippen LogP contribution in [0.4, 0.5) is 0 Å². The Morgan fingerprint density at radius 3 is 2.30 bits per heavy atom. The summed E-state index contributed by atoms with van der Waals surface area (Å²) >= 11 is 3.40. The molecule has 0 aliphatic heterocycles. The Morgan fingerprint density at radius 1 is 1.05 bits per heavy atom. The number of carbonyl (C=O) groups excluding carboxylic acids is 1. The van der Waals surface area contributed by atoms with Crippen molar-refractivity contribution in [3.05, 3.63) is 70.8 Å². The zero-order chi connectivity index (χ0) is 14.4. The van der Waals surface area contributed by atoms with Gasteiger partial charge >= 0.3 is 0 Å². The van der Waals surface area contributed by atoms with Gasteiger partial charge in [-0.3, -0.25) is 4.79 Å². The average Bonchev–Trinajstić information content (AvgIpc) is 2.53. The lowest BCUT2D eigenvalue weighted by Crippen LogP contribution is -2.23. The summed E-state index contributed by atoms with van der Waals surface area (Å²) in [6.07, 6.45) is 0.978. The highest BCUT2D eigenvalue weighted by atomic mass is 79.9. The number of carbonyl (C=O) groups is 1. The van der Waals surface area contributed by atoms with Crippen LogP contribution in [0, 0.1) is 0 Å². The molecule has 0 radical (unpaired) electrons. The van der Waals surface area contributed by atoms with E-state index in [0.717, 1.165) is 17.3 Å². The maximum Gasteiger partial charge on any atom is 0.251 e. The second-order valence-corrected chi connectivity index (χ2v) is 5.20. The lowest BCUT2D eigenvalue weighted by Gasteiger charge is -2.09. The number of hydrogen-bond acceptors (Lipinski definition) is 1. The molecule has 0 bridgehead atoms. The smallest absolute Gasteiger partial charge is 0.251 e. The van der Waals surface area contributed by atoms with Gasteiger partial charge in [-0.1, -0.05) is 59.3 Å². The zero-order valence-electron chi connectivity index (χ0n) is 11.5. The van der Waals surface area contributed by atoms with E-state index < -0.39 is 0 Å². The van der Waals surface area contributed by atoms with Crippen molar-refractivity contribution in [1.29, 1.82) is 0 Å². The van der Waals surface area contributed by atoms with Crippen molar-refractivity contribution in [3.63, 3.8) is 0 Å². The molecule has 20 heavy (non-hydrogen) atoms. The van der Waals surface area contributed by atoms with E-state index in [9.17, 15) is 4.79 Å². The highest BCUT2D eigenvalue weighted by Crippen LogP contribution is 2.11. The number of nitrogens with one attached hydrogen (secondary N) is 1. The van der Waals surface area contributed by atoms with Gasteiger partial charge in [-0.2, -0.15) is 0 Å². The Morgan fingerprint density at radius 2 is 1.70 bits per heavy atom. The molecule has 0 unspecified atom stereocenters. The van der Waals surface area contributed by atoms with E-state index in [1.54, 1.807) is 0 Å². The van der Waals surface area contributed by atoms with Crippen LogP contribution < -0.4 is 5.32 Å². The Labute approximate surface area is 128 Å². The predicted octanol–water partition coefficient (Wildman–Crippen LogP) is 4.07. The topological polar surface area (TPSA) is 29.1 Å². The van der Waals surface area contributed by atoms with Gasteiger partial charge in [-0.05, 0) is 35.2 Å². The Hall–Kier alpha value is -1.61. The molecular formula is C17H18BrNO. The number of amides is 1. The van der Waals surface area contributed by atoms with Gasteiger partial charge in [0.15, 0.2) is 0 Å². The summed E-state index contributed by atoms with van der Waals surface area (Å²) in [5.74, 6) is -0.0305. The normalized spacial score (nSPS) is 10.3. The third-order valence-corrected chi connectivity index (χ3v) is 3.96. The van der Waals surface area contributed by atoms with Gasteiger partial charge in [0.25, 0.3) is 5.91 Å². The minimum absolute atomic E-state index is 0.0305. The summed E-state index contributed by atoms with van der Waals surface area (Å²) < 4.78 is 0. The second-order valence-electron chi connectivity index (χ2n) is 4.64. The highest BCUT2D eigenvalue weighted by molar-refractivity contribution is 9.08. The van der Waals surface area contributed by atoms with Crippen LogP contribution in [0.3, 0.4) is 0 Å². The van der Waals surface area contributed by atoms with Crippen LogP contribution in [0.25, 0.3) is 0 Å². The first-order chi connectivity index (χ1) is 9.74.